The lowest BCUT2D eigenvalue weighted by Gasteiger charge is -2.25. The van der Waals surface area contributed by atoms with Gasteiger partial charge in [0.15, 0.2) is 0 Å². The van der Waals surface area contributed by atoms with Gasteiger partial charge in [0.1, 0.15) is 5.92 Å². The first kappa shape index (κ1) is 7.42. The maximum Gasteiger partial charge on any atom is 0.347 e. The summed E-state index contributed by atoms with van der Waals surface area (Å²) in [5.41, 5.74) is 0.662. The van der Waals surface area contributed by atoms with Crippen molar-refractivity contribution in [3.8, 4) is 0 Å². The van der Waals surface area contributed by atoms with Crippen LogP contribution < -0.4 is 5.32 Å². The molecule has 2 rings (SSSR count). The number of aliphatic imine (C=N–C) groups is 1. The van der Waals surface area contributed by atoms with E-state index >= 15 is 0 Å². The first-order valence-corrected chi connectivity index (χ1v) is 3.77. The number of hydrogen-bond acceptors (Lipinski definition) is 3. The molecular weight excluding hydrogens is 160 g/mol. The summed E-state index contributed by atoms with van der Waals surface area (Å²) < 4.78 is 5.09. The number of carbonyl (C=O) groups is 2. The molecule has 0 aromatic rings. The second-order valence-electron chi connectivity index (χ2n) is 2.78. The van der Waals surface area contributed by atoms with E-state index < -0.39 is 6.03 Å². The quantitative estimate of drug-likeness (QED) is 0.540. The minimum Gasteiger partial charge on any atom is -0.380 e. The van der Waals surface area contributed by atoms with E-state index in [1.807, 2.05) is 0 Å². The summed E-state index contributed by atoms with van der Waals surface area (Å²) >= 11 is 0. The van der Waals surface area contributed by atoms with Crippen LogP contribution in [0.2, 0.25) is 0 Å². The lowest BCUT2D eigenvalue weighted by molar-refractivity contribution is -0.124. The van der Waals surface area contributed by atoms with Crippen molar-refractivity contribution in [2.24, 2.45) is 10.9 Å². The fraction of sp³-hybridized carbons (Fsp3) is 0.571. The summed E-state index contributed by atoms with van der Waals surface area (Å²) in [5.74, 6) is -0.624. The molecule has 0 saturated carbocycles. The van der Waals surface area contributed by atoms with E-state index in [9.17, 15) is 9.59 Å². The standard InChI is InChI=1S/C7H8N2O3/c10-6-4-3-12-2-1-5(4)8-7(11)9-6/h4H,1-3H2,(H,9,10,11). The average Bonchev–Trinajstić information content (AvgIpc) is 2.04. The largest absolute Gasteiger partial charge is 0.380 e. The number of nitrogens with one attached hydrogen (secondary N) is 1. The van der Waals surface area contributed by atoms with Crippen molar-refractivity contribution in [2.45, 2.75) is 6.42 Å². The average molecular weight is 168 g/mol. The SMILES string of the molecule is O=C1N=C2CCOCC2C(=O)N1. The van der Waals surface area contributed by atoms with Crippen molar-refractivity contribution in [1.29, 1.82) is 0 Å². The number of rotatable bonds is 0. The van der Waals surface area contributed by atoms with Crippen molar-refractivity contribution >= 4 is 17.6 Å². The molecule has 3 amide bonds. The lowest BCUT2D eigenvalue weighted by atomic mass is 9.97. The zero-order chi connectivity index (χ0) is 8.55. The highest BCUT2D eigenvalue weighted by Crippen LogP contribution is 2.14. The Labute approximate surface area is 68.8 Å². The first-order chi connectivity index (χ1) is 5.77. The Morgan fingerprint density at radius 1 is 1.50 bits per heavy atom. The Morgan fingerprint density at radius 3 is 3.17 bits per heavy atom. The molecule has 2 heterocycles. The Morgan fingerprint density at radius 2 is 2.33 bits per heavy atom. The number of nitrogens with zero attached hydrogens (tertiary/aromatic N) is 1. The number of carbonyl (C=O) groups excluding carboxylic acids is 2. The summed E-state index contributed by atoms with van der Waals surface area (Å²) in [7, 11) is 0. The highest BCUT2D eigenvalue weighted by molar-refractivity contribution is 6.16. The summed E-state index contributed by atoms with van der Waals surface area (Å²) in [6.07, 6.45) is 0.587. The molecule has 0 aromatic heterocycles. The van der Waals surface area contributed by atoms with Gasteiger partial charge >= 0.3 is 6.03 Å². The maximum absolute atomic E-state index is 11.1. The second kappa shape index (κ2) is 2.67. The lowest BCUT2D eigenvalue weighted by Crippen LogP contribution is -2.47. The van der Waals surface area contributed by atoms with Gasteiger partial charge in [-0.25, -0.2) is 9.79 Å². The summed E-state index contributed by atoms with van der Waals surface area (Å²) in [6, 6.07) is -0.548. The van der Waals surface area contributed by atoms with Crippen LogP contribution in [0.5, 0.6) is 0 Å². The van der Waals surface area contributed by atoms with Crippen LogP contribution in [0.1, 0.15) is 6.42 Å². The van der Waals surface area contributed by atoms with Crippen LogP contribution in [0.25, 0.3) is 0 Å². The van der Waals surface area contributed by atoms with Gasteiger partial charge in [0.05, 0.1) is 13.2 Å². The Hall–Kier alpha value is -1.23. The monoisotopic (exact) mass is 168 g/mol. The Kier molecular flexibility index (Phi) is 1.65. The molecule has 5 heteroatoms. The molecule has 1 N–H and O–H groups in total. The molecule has 0 aromatic carbocycles. The van der Waals surface area contributed by atoms with Crippen LogP contribution >= 0.6 is 0 Å². The van der Waals surface area contributed by atoms with E-state index in [0.717, 1.165) is 0 Å². The molecular formula is C7H8N2O3. The molecule has 0 radical (unpaired) electrons. The molecule has 0 aliphatic carbocycles. The van der Waals surface area contributed by atoms with Gasteiger partial charge in [-0.1, -0.05) is 0 Å². The molecule has 1 saturated heterocycles. The normalized spacial score (nSPS) is 29.0. The number of ether oxygens (including phenoxy) is 1. The molecule has 0 bridgehead atoms. The minimum atomic E-state index is -0.548. The van der Waals surface area contributed by atoms with Crippen molar-refractivity contribution in [1.82, 2.24) is 5.32 Å². The topological polar surface area (TPSA) is 67.8 Å². The molecule has 1 unspecified atom stereocenters. The van der Waals surface area contributed by atoms with Crippen LogP contribution in [0.4, 0.5) is 4.79 Å². The molecule has 5 nitrogen and oxygen atoms in total. The number of hydrogen-bond donors (Lipinski definition) is 1. The van der Waals surface area contributed by atoms with Crippen molar-refractivity contribution in [3.63, 3.8) is 0 Å². The van der Waals surface area contributed by atoms with Gasteiger partial charge < -0.3 is 4.74 Å². The van der Waals surface area contributed by atoms with Crippen molar-refractivity contribution in [3.05, 3.63) is 0 Å². The van der Waals surface area contributed by atoms with Crippen molar-refractivity contribution < 1.29 is 14.3 Å². The van der Waals surface area contributed by atoms with Crippen LogP contribution in [0.15, 0.2) is 4.99 Å². The van der Waals surface area contributed by atoms with Gasteiger partial charge in [0, 0.05) is 12.1 Å². The van der Waals surface area contributed by atoms with E-state index in [0.29, 0.717) is 25.3 Å². The third kappa shape index (κ3) is 1.12. The van der Waals surface area contributed by atoms with E-state index in [1.165, 1.54) is 0 Å². The first-order valence-electron chi connectivity index (χ1n) is 3.77. The van der Waals surface area contributed by atoms with Gasteiger partial charge in [0.2, 0.25) is 5.91 Å². The Bertz CT molecular complexity index is 272. The smallest absolute Gasteiger partial charge is 0.347 e. The maximum atomic E-state index is 11.1. The van der Waals surface area contributed by atoms with Gasteiger partial charge in [-0.05, 0) is 0 Å². The van der Waals surface area contributed by atoms with E-state index in [2.05, 4.69) is 10.3 Å². The van der Waals surface area contributed by atoms with Crippen LogP contribution in [0, 0.1) is 5.92 Å². The zero-order valence-corrected chi connectivity index (χ0v) is 6.37. The number of imide groups is 1. The van der Waals surface area contributed by atoms with E-state index in [-0.39, 0.29) is 11.8 Å². The molecule has 0 spiro atoms. The van der Waals surface area contributed by atoms with Crippen LogP contribution in [-0.2, 0) is 9.53 Å². The molecule has 64 valence electrons. The van der Waals surface area contributed by atoms with E-state index in [4.69, 9.17) is 4.74 Å². The third-order valence-electron chi connectivity index (χ3n) is 1.98. The number of amides is 3. The van der Waals surface area contributed by atoms with Crippen LogP contribution in [-0.4, -0.2) is 30.9 Å². The summed E-state index contributed by atoms with van der Waals surface area (Å²) in [6.45, 7) is 0.897. The predicted molar refractivity (Wildman–Crippen MR) is 39.9 cm³/mol. The summed E-state index contributed by atoms with van der Waals surface area (Å²) in [5, 5.41) is 2.13. The fourth-order valence-corrected chi connectivity index (χ4v) is 1.36. The van der Waals surface area contributed by atoms with Crippen molar-refractivity contribution in [2.75, 3.05) is 13.2 Å². The number of urea groups is 1. The minimum absolute atomic E-state index is 0.287. The zero-order valence-electron chi connectivity index (χ0n) is 6.37. The second-order valence-corrected chi connectivity index (χ2v) is 2.78. The highest BCUT2D eigenvalue weighted by atomic mass is 16.5. The van der Waals surface area contributed by atoms with Crippen LogP contribution in [0.3, 0.4) is 0 Å². The molecule has 2 aliphatic heterocycles. The fourth-order valence-electron chi connectivity index (χ4n) is 1.36. The highest BCUT2D eigenvalue weighted by Gasteiger charge is 2.32. The molecule has 1 fully saturated rings. The summed E-state index contributed by atoms with van der Waals surface area (Å²) in [4.78, 5) is 25.6. The molecule has 2 aliphatic rings. The molecule has 12 heavy (non-hydrogen) atoms. The van der Waals surface area contributed by atoms with Gasteiger partial charge in [-0.15, -0.1) is 0 Å². The van der Waals surface area contributed by atoms with Gasteiger partial charge in [-0.3, -0.25) is 10.1 Å². The van der Waals surface area contributed by atoms with Gasteiger partial charge in [0.25, 0.3) is 0 Å². The third-order valence-corrected chi connectivity index (χ3v) is 1.98. The number of fused-ring (bicyclic) bond motifs is 1. The van der Waals surface area contributed by atoms with Gasteiger partial charge in [-0.2, -0.15) is 0 Å². The predicted octanol–water partition coefficient (Wildman–Crippen LogP) is -0.286. The Balaban J connectivity index is 2.28. The molecule has 1 atom stereocenters. The van der Waals surface area contributed by atoms with E-state index in [1.54, 1.807) is 0 Å².